The molecule has 0 atom stereocenters. The molecule has 8 heteroatoms. The minimum Gasteiger partial charge on any atom is -0.483 e. The molecule has 0 aliphatic heterocycles. The maximum absolute atomic E-state index is 13.2. The van der Waals surface area contributed by atoms with E-state index in [0.717, 1.165) is 39.5 Å². The number of pyridine rings is 2. The first-order valence-electron chi connectivity index (χ1n) is 10.6. The molecule has 8 nitrogen and oxygen atoms in total. The SMILES string of the molecule is CN(C)Cc1cccc2[nH]c(C(=O)c3ccnc(-c4cncc5ccccc45)c3)nc12.O=CO. The first kappa shape index (κ1) is 22.8. The monoisotopic (exact) mass is 453 g/mol. The van der Waals surface area contributed by atoms with Crippen LogP contribution in [0.5, 0.6) is 0 Å². The summed E-state index contributed by atoms with van der Waals surface area (Å²) in [4.78, 5) is 40.3. The van der Waals surface area contributed by atoms with Gasteiger partial charge in [0.2, 0.25) is 5.78 Å². The van der Waals surface area contributed by atoms with Gasteiger partial charge in [-0.1, -0.05) is 36.4 Å². The molecule has 2 aromatic carbocycles. The van der Waals surface area contributed by atoms with Gasteiger partial charge >= 0.3 is 0 Å². The molecule has 0 saturated heterocycles. The van der Waals surface area contributed by atoms with E-state index in [9.17, 15) is 4.79 Å². The van der Waals surface area contributed by atoms with Gasteiger partial charge in [-0.15, -0.1) is 0 Å². The lowest BCUT2D eigenvalue weighted by atomic mass is 10.0. The van der Waals surface area contributed by atoms with Crippen LogP contribution in [0.3, 0.4) is 0 Å². The van der Waals surface area contributed by atoms with Crippen molar-refractivity contribution in [1.29, 1.82) is 0 Å². The van der Waals surface area contributed by atoms with Gasteiger partial charge in [0.25, 0.3) is 6.47 Å². The van der Waals surface area contributed by atoms with E-state index < -0.39 is 0 Å². The number of hydrogen-bond acceptors (Lipinski definition) is 6. The molecule has 0 saturated carbocycles. The fourth-order valence-electron chi connectivity index (χ4n) is 3.84. The first-order valence-corrected chi connectivity index (χ1v) is 10.6. The summed E-state index contributed by atoms with van der Waals surface area (Å²) in [5, 5.41) is 8.97. The molecule has 0 unspecified atom stereocenters. The predicted octanol–water partition coefficient (Wildman–Crippen LogP) is 4.17. The number of H-pyrrole nitrogens is 1. The van der Waals surface area contributed by atoms with Gasteiger partial charge in [0.1, 0.15) is 0 Å². The van der Waals surface area contributed by atoms with Crippen molar-refractivity contribution >= 4 is 34.1 Å². The smallest absolute Gasteiger partial charge is 0.290 e. The Morgan fingerprint density at radius 1 is 1.09 bits per heavy atom. The summed E-state index contributed by atoms with van der Waals surface area (Å²) >= 11 is 0. The number of nitrogens with zero attached hydrogens (tertiary/aromatic N) is 4. The maximum atomic E-state index is 13.2. The maximum Gasteiger partial charge on any atom is 0.290 e. The zero-order valence-electron chi connectivity index (χ0n) is 18.8. The quantitative estimate of drug-likeness (QED) is 0.303. The van der Waals surface area contributed by atoms with Crippen LogP contribution in [0.1, 0.15) is 21.7 Å². The topological polar surface area (TPSA) is 112 Å². The molecule has 5 rings (SSSR count). The van der Waals surface area contributed by atoms with Crippen LogP contribution in [0, 0.1) is 0 Å². The van der Waals surface area contributed by atoms with Crippen LogP contribution in [-0.4, -0.2) is 56.3 Å². The average molecular weight is 454 g/mol. The van der Waals surface area contributed by atoms with Crippen molar-refractivity contribution in [3.05, 3.63) is 90.1 Å². The van der Waals surface area contributed by atoms with Crippen LogP contribution in [0.2, 0.25) is 0 Å². The highest BCUT2D eigenvalue weighted by molar-refractivity contribution is 6.09. The van der Waals surface area contributed by atoms with E-state index in [1.807, 2.05) is 62.8 Å². The summed E-state index contributed by atoms with van der Waals surface area (Å²) in [5.41, 5.74) is 4.90. The number of rotatable bonds is 5. The van der Waals surface area contributed by atoms with Crippen LogP contribution in [-0.2, 0) is 11.3 Å². The van der Waals surface area contributed by atoms with Crippen molar-refractivity contribution in [3.8, 4) is 11.3 Å². The van der Waals surface area contributed by atoms with Gasteiger partial charge < -0.3 is 15.0 Å². The average Bonchev–Trinajstić information content (AvgIpc) is 3.29. The number of para-hydroxylation sites is 1. The Morgan fingerprint density at radius 3 is 2.68 bits per heavy atom. The van der Waals surface area contributed by atoms with E-state index in [1.165, 1.54) is 0 Å². The number of carbonyl (C=O) groups is 2. The lowest BCUT2D eigenvalue weighted by Gasteiger charge is -2.09. The molecule has 0 fully saturated rings. The van der Waals surface area contributed by atoms with E-state index in [0.29, 0.717) is 17.1 Å². The number of ketones is 1. The van der Waals surface area contributed by atoms with E-state index in [2.05, 4.69) is 24.8 Å². The Kier molecular flexibility index (Phi) is 6.70. The predicted molar refractivity (Wildman–Crippen MR) is 131 cm³/mol. The summed E-state index contributed by atoms with van der Waals surface area (Å²) in [6.45, 7) is 0.503. The second kappa shape index (κ2) is 10.0. The standard InChI is InChI=1S/C25H21N5O.CH2O2/c1-30(2)15-18-7-5-9-21-23(18)29-25(28-21)24(31)16-10-11-27-22(12-16)20-14-26-13-17-6-3-4-8-19(17)20;2-1-3/h3-14H,15H2,1-2H3,(H,28,29);1H,(H,2,3). The van der Waals surface area contributed by atoms with Crippen LogP contribution in [0.25, 0.3) is 33.1 Å². The van der Waals surface area contributed by atoms with Gasteiger partial charge in [-0.05, 0) is 43.2 Å². The highest BCUT2D eigenvalue weighted by Crippen LogP contribution is 2.27. The third-order valence-corrected chi connectivity index (χ3v) is 5.26. The highest BCUT2D eigenvalue weighted by atomic mass is 16.3. The summed E-state index contributed by atoms with van der Waals surface area (Å²) in [6.07, 6.45) is 5.27. The van der Waals surface area contributed by atoms with E-state index in [4.69, 9.17) is 9.90 Å². The number of aromatic nitrogens is 4. The number of hydrogen-bond donors (Lipinski definition) is 2. The normalized spacial score (nSPS) is 10.8. The summed E-state index contributed by atoms with van der Waals surface area (Å²) < 4.78 is 0. The van der Waals surface area contributed by atoms with Crippen molar-refractivity contribution in [2.24, 2.45) is 0 Å². The van der Waals surface area contributed by atoms with Crippen molar-refractivity contribution < 1.29 is 14.7 Å². The molecule has 2 N–H and O–H groups in total. The van der Waals surface area contributed by atoms with Crippen LogP contribution in [0.15, 0.2) is 73.2 Å². The van der Waals surface area contributed by atoms with Gasteiger partial charge in [0.15, 0.2) is 5.82 Å². The molecule has 0 bridgehead atoms. The molecule has 170 valence electrons. The largest absolute Gasteiger partial charge is 0.483 e. The zero-order valence-corrected chi connectivity index (χ0v) is 18.8. The Balaban J connectivity index is 0.000000868. The fourth-order valence-corrected chi connectivity index (χ4v) is 3.84. The van der Waals surface area contributed by atoms with Crippen LogP contribution >= 0.6 is 0 Å². The number of nitrogens with one attached hydrogen (secondary N) is 1. The minimum atomic E-state index is -0.250. The Bertz CT molecular complexity index is 1470. The first-order chi connectivity index (χ1) is 16.5. The lowest BCUT2D eigenvalue weighted by Crippen LogP contribution is -2.11. The molecule has 3 aromatic heterocycles. The molecule has 0 amide bonds. The molecule has 0 radical (unpaired) electrons. The number of benzene rings is 2. The molecular weight excluding hydrogens is 430 g/mol. The van der Waals surface area contributed by atoms with Crippen molar-refractivity contribution in [2.75, 3.05) is 14.1 Å². The molecule has 0 aliphatic rings. The van der Waals surface area contributed by atoms with Crippen molar-refractivity contribution in [1.82, 2.24) is 24.8 Å². The van der Waals surface area contributed by atoms with Gasteiger partial charge in [0.05, 0.1) is 16.7 Å². The molecule has 3 heterocycles. The minimum absolute atomic E-state index is 0.163. The number of fused-ring (bicyclic) bond motifs is 2. The third kappa shape index (κ3) is 4.67. The molecule has 0 spiro atoms. The third-order valence-electron chi connectivity index (χ3n) is 5.26. The summed E-state index contributed by atoms with van der Waals surface area (Å²) in [7, 11) is 4.02. The van der Waals surface area contributed by atoms with Crippen molar-refractivity contribution in [2.45, 2.75) is 6.54 Å². The number of aromatic amines is 1. The van der Waals surface area contributed by atoms with Crippen molar-refractivity contribution in [3.63, 3.8) is 0 Å². The van der Waals surface area contributed by atoms with Gasteiger partial charge in [-0.25, -0.2) is 4.98 Å². The van der Waals surface area contributed by atoms with E-state index in [-0.39, 0.29) is 12.3 Å². The summed E-state index contributed by atoms with van der Waals surface area (Å²) in [6, 6.07) is 17.5. The Hall–Kier alpha value is -4.43. The van der Waals surface area contributed by atoms with E-state index >= 15 is 0 Å². The molecule has 5 aromatic rings. The van der Waals surface area contributed by atoms with Gasteiger partial charge in [-0.3, -0.25) is 19.6 Å². The number of carboxylic acid groups (broad SMARTS) is 1. The zero-order chi connectivity index (χ0) is 24.1. The second-order valence-corrected chi connectivity index (χ2v) is 7.91. The number of imidazole rings is 1. The highest BCUT2D eigenvalue weighted by Gasteiger charge is 2.17. The van der Waals surface area contributed by atoms with Crippen LogP contribution < -0.4 is 0 Å². The molecular formula is C26H23N5O3. The van der Waals surface area contributed by atoms with Crippen LogP contribution in [0.4, 0.5) is 0 Å². The lowest BCUT2D eigenvalue weighted by molar-refractivity contribution is -0.122. The van der Waals surface area contributed by atoms with Gasteiger partial charge in [-0.2, -0.15) is 0 Å². The van der Waals surface area contributed by atoms with E-state index in [1.54, 1.807) is 24.5 Å². The van der Waals surface area contributed by atoms with Gasteiger partial charge in [0, 0.05) is 41.6 Å². The Labute approximate surface area is 195 Å². The fraction of sp³-hybridized carbons (Fsp3) is 0.115. The second-order valence-electron chi connectivity index (χ2n) is 7.91. The number of carbonyl (C=O) groups excluding carboxylic acids is 1. The Morgan fingerprint density at radius 2 is 1.88 bits per heavy atom. The summed E-state index contributed by atoms with van der Waals surface area (Å²) in [5.74, 6) is 0.165. The molecule has 0 aliphatic carbocycles. The molecule has 34 heavy (non-hydrogen) atoms.